The summed E-state index contributed by atoms with van der Waals surface area (Å²) >= 11 is 1.73. The van der Waals surface area contributed by atoms with Crippen LogP contribution < -0.4 is 0 Å². The first-order chi connectivity index (χ1) is 5.33. The summed E-state index contributed by atoms with van der Waals surface area (Å²) in [6, 6.07) is 0. The highest BCUT2D eigenvalue weighted by Gasteiger charge is 2.11. The van der Waals surface area contributed by atoms with E-state index in [2.05, 4.69) is 11.9 Å². The molecule has 1 unspecified atom stereocenters. The fourth-order valence-electron chi connectivity index (χ4n) is 1.06. The van der Waals surface area contributed by atoms with E-state index in [1.807, 2.05) is 6.54 Å². The van der Waals surface area contributed by atoms with Crippen molar-refractivity contribution >= 4 is 16.8 Å². The van der Waals surface area contributed by atoms with Crippen LogP contribution in [0.1, 0.15) is 26.2 Å². The number of aliphatic hydroxyl groups excluding tert-OH is 1. The van der Waals surface area contributed by atoms with E-state index < -0.39 is 0 Å². The minimum Gasteiger partial charge on any atom is -0.393 e. The molecule has 0 bridgehead atoms. The number of rotatable bonds is 4. The van der Waals surface area contributed by atoms with E-state index in [-0.39, 0.29) is 6.10 Å². The SMILES string of the molecule is CCCC(O)CC1=N[CH]CS1. The van der Waals surface area contributed by atoms with Crippen molar-refractivity contribution in [1.82, 2.24) is 0 Å². The Bertz CT molecular complexity index is 147. The van der Waals surface area contributed by atoms with Crippen LogP contribution in [-0.2, 0) is 0 Å². The van der Waals surface area contributed by atoms with Crippen molar-refractivity contribution in [1.29, 1.82) is 0 Å². The third kappa shape index (κ3) is 3.25. The van der Waals surface area contributed by atoms with Gasteiger partial charge in [0.15, 0.2) is 0 Å². The summed E-state index contributed by atoms with van der Waals surface area (Å²) in [5, 5.41) is 10.5. The Morgan fingerprint density at radius 1 is 1.82 bits per heavy atom. The van der Waals surface area contributed by atoms with Crippen molar-refractivity contribution in [2.24, 2.45) is 4.99 Å². The van der Waals surface area contributed by atoms with Gasteiger partial charge in [0.2, 0.25) is 0 Å². The largest absolute Gasteiger partial charge is 0.393 e. The second-order valence-corrected chi connectivity index (χ2v) is 3.76. The molecule has 1 rings (SSSR count). The zero-order valence-corrected chi connectivity index (χ0v) is 7.60. The summed E-state index contributed by atoms with van der Waals surface area (Å²) in [4.78, 5) is 4.15. The summed E-state index contributed by atoms with van der Waals surface area (Å²) in [7, 11) is 0. The monoisotopic (exact) mass is 172 g/mol. The Kier molecular flexibility index (Phi) is 3.94. The van der Waals surface area contributed by atoms with Crippen LogP contribution in [0.25, 0.3) is 0 Å². The van der Waals surface area contributed by atoms with Gasteiger partial charge in [0.1, 0.15) is 0 Å². The van der Waals surface area contributed by atoms with Crippen molar-refractivity contribution in [2.45, 2.75) is 32.3 Å². The summed E-state index contributed by atoms with van der Waals surface area (Å²) in [6.07, 6.45) is 2.50. The molecule has 0 spiro atoms. The molecule has 0 aromatic heterocycles. The van der Waals surface area contributed by atoms with E-state index in [4.69, 9.17) is 0 Å². The van der Waals surface area contributed by atoms with Gasteiger partial charge in [0.25, 0.3) is 0 Å². The van der Waals surface area contributed by atoms with Crippen molar-refractivity contribution in [3.05, 3.63) is 6.54 Å². The number of aliphatic hydroxyl groups is 1. The van der Waals surface area contributed by atoms with Gasteiger partial charge >= 0.3 is 0 Å². The predicted octanol–water partition coefficient (Wildman–Crippen LogP) is 1.84. The van der Waals surface area contributed by atoms with E-state index in [1.54, 1.807) is 11.8 Å². The summed E-state index contributed by atoms with van der Waals surface area (Å²) in [5.74, 6) is 0.980. The Morgan fingerprint density at radius 3 is 3.18 bits per heavy atom. The van der Waals surface area contributed by atoms with Gasteiger partial charge in [-0.3, -0.25) is 4.99 Å². The molecule has 1 aliphatic rings. The van der Waals surface area contributed by atoms with E-state index in [9.17, 15) is 5.11 Å². The van der Waals surface area contributed by atoms with Crippen LogP contribution in [0, 0.1) is 6.54 Å². The first kappa shape index (κ1) is 9.07. The number of hydrogen-bond donors (Lipinski definition) is 1. The van der Waals surface area contributed by atoms with Crippen molar-refractivity contribution in [3.63, 3.8) is 0 Å². The third-order valence-corrected chi connectivity index (χ3v) is 2.51. The zero-order chi connectivity index (χ0) is 8.10. The number of aliphatic imine (C=N–C) groups is 1. The van der Waals surface area contributed by atoms with Gasteiger partial charge in [0, 0.05) is 12.2 Å². The van der Waals surface area contributed by atoms with Crippen LogP contribution in [0.3, 0.4) is 0 Å². The standard InChI is InChI=1S/C8H14NOS/c1-2-3-7(10)6-8-9-4-5-11-8/h4,7,10H,2-3,5-6H2,1H3. The molecule has 1 atom stereocenters. The number of hydrogen-bond acceptors (Lipinski definition) is 3. The maximum atomic E-state index is 9.40. The molecule has 1 aliphatic heterocycles. The quantitative estimate of drug-likeness (QED) is 0.702. The predicted molar refractivity (Wildman–Crippen MR) is 49.7 cm³/mol. The van der Waals surface area contributed by atoms with Crippen LogP contribution in [0.4, 0.5) is 0 Å². The molecule has 1 heterocycles. The molecule has 0 aromatic rings. The minimum atomic E-state index is -0.183. The Hall–Kier alpha value is -0.0200. The first-order valence-electron chi connectivity index (χ1n) is 4.02. The van der Waals surface area contributed by atoms with Crippen LogP contribution in [-0.4, -0.2) is 22.0 Å². The maximum Gasteiger partial charge on any atom is 0.0835 e. The molecule has 3 heteroatoms. The molecule has 2 nitrogen and oxygen atoms in total. The van der Waals surface area contributed by atoms with E-state index in [1.165, 1.54) is 0 Å². The molecule has 0 aliphatic carbocycles. The molecule has 1 radical (unpaired) electrons. The molecule has 11 heavy (non-hydrogen) atoms. The molecule has 0 saturated heterocycles. The first-order valence-corrected chi connectivity index (χ1v) is 5.00. The van der Waals surface area contributed by atoms with E-state index in [0.717, 1.165) is 30.1 Å². The van der Waals surface area contributed by atoms with Gasteiger partial charge in [-0.25, -0.2) is 0 Å². The molecule has 0 saturated carbocycles. The van der Waals surface area contributed by atoms with Gasteiger partial charge in [-0.1, -0.05) is 13.3 Å². The lowest BCUT2D eigenvalue weighted by Crippen LogP contribution is -2.09. The van der Waals surface area contributed by atoms with Crippen LogP contribution >= 0.6 is 11.8 Å². The average molecular weight is 172 g/mol. The van der Waals surface area contributed by atoms with E-state index >= 15 is 0 Å². The Balaban J connectivity index is 2.18. The van der Waals surface area contributed by atoms with Gasteiger partial charge in [0.05, 0.1) is 17.7 Å². The Morgan fingerprint density at radius 2 is 2.64 bits per heavy atom. The topological polar surface area (TPSA) is 32.6 Å². The van der Waals surface area contributed by atoms with Gasteiger partial charge in [-0.2, -0.15) is 0 Å². The number of thioether (sulfide) groups is 1. The molecule has 0 aromatic carbocycles. The van der Waals surface area contributed by atoms with Gasteiger partial charge in [-0.05, 0) is 6.42 Å². The highest BCUT2D eigenvalue weighted by Crippen LogP contribution is 2.19. The summed E-state index contributed by atoms with van der Waals surface area (Å²) < 4.78 is 0. The fraction of sp³-hybridized carbons (Fsp3) is 0.750. The Labute approximate surface area is 72.1 Å². The highest BCUT2D eigenvalue weighted by atomic mass is 32.2. The minimum absolute atomic E-state index is 0.183. The fourth-order valence-corrected chi connectivity index (χ4v) is 1.86. The van der Waals surface area contributed by atoms with Crippen LogP contribution in [0.15, 0.2) is 4.99 Å². The second kappa shape index (κ2) is 4.78. The van der Waals surface area contributed by atoms with Crippen molar-refractivity contribution in [3.8, 4) is 0 Å². The zero-order valence-electron chi connectivity index (χ0n) is 6.79. The molecular weight excluding hydrogens is 158 g/mol. The lowest BCUT2D eigenvalue weighted by Gasteiger charge is -2.07. The second-order valence-electron chi connectivity index (χ2n) is 2.66. The lowest BCUT2D eigenvalue weighted by atomic mass is 10.1. The van der Waals surface area contributed by atoms with Crippen LogP contribution in [0.5, 0.6) is 0 Å². The van der Waals surface area contributed by atoms with Crippen LogP contribution in [0.2, 0.25) is 0 Å². The third-order valence-electron chi connectivity index (χ3n) is 1.59. The summed E-state index contributed by atoms with van der Waals surface area (Å²) in [5.41, 5.74) is 0. The highest BCUT2D eigenvalue weighted by molar-refractivity contribution is 8.14. The number of nitrogens with zero attached hydrogens (tertiary/aromatic N) is 1. The van der Waals surface area contributed by atoms with Crippen molar-refractivity contribution < 1.29 is 5.11 Å². The van der Waals surface area contributed by atoms with Gasteiger partial charge < -0.3 is 5.11 Å². The molecular formula is C8H14NOS. The van der Waals surface area contributed by atoms with Crippen molar-refractivity contribution in [2.75, 3.05) is 5.75 Å². The normalized spacial score (nSPS) is 20.0. The van der Waals surface area contributed by atoms with Gasteiger partial charge in [-0.15, -0.1) is 11.8 Å². The maximum absolute atomic E-state index is 9.40. The molecule has 0 fully saturated rings. The van der Waals surface area contributed by atoms with E-state index in [0.29, 0.717) is 0 Å². The molecule has 1 N–H and O–H groups in total. The molecule has 0 amide bonds. The summed E-state index contributed by atoms with van der Waals surface area (Å²) in [6.45, 7) is 3.98. The smallest absolute Gasteiger partial charge is 0.0835 e. The molecule has 63 valence electrons. The average Bonchev–Trinajstić information content (AvgIpc) is 2.40. The lowest BCUT2D eigenvalue weighted by molar-refractivity contribution is 0.172.